The van der Waals surface area contributed by atoms with Gasteiger partial charge in [-0.3, -0.25) is 4.72 Å². The van der Waals surface area contributed by atoms with Crippen LogP contribution < -0.4 is 4.72 Å². The molecule has 0 aromatic heterocycles. The van der Waals surface area contributed by atoms with Crippen LogP contribution >= 0.6 is 0 Å². The molecule has 0 unspecified atom stereocenters. The van der Waals surface area contributed by atoms with E-state index in [-0.39, 0.29) is 5.75 Å². The Balaban J connectivity index is 2.40. The van der Waals surface area contributed by atoms with Gasteiger partial charge in [-0.1, -0.05) is 44.4 Å². The van der Waals surface area contributed by atoms with Gasteiger partial charge in [0.25, 0.3) is 0 Å². The molecule has 0 spiro atoms. The van der Waals surface area contributed by atoms with Crippen molar-refractivity contribution < 1.29 is 8.42 Å². The molecule has 16 heavy (non-hydrogen) atoms. The molecule has 0 saturated carbocycles. The van der Waals surface area contributed by atoms with Gasteiger partial charge in [-0.05, 0) is 18.6 Å². The average Bonchev–Trinajstić information content (AvgIpc) is 2.25. The van der Waals surface area contributed by atoms with Crippen molar-refractivity contribution in [3.05, 3.63) is 30.3 Å². The van der Waals surface area contributed by atoms with Gasteiger partial charge in [-0.15, -0.1) is 0 Å². The molecule has 0 heterocycles. The van der Waals surface area contributed by atoms with Crippen molar-refractivity contribution in [1.82, 2.24) is 0 Å². The quantitative estimate of drug-likeness (QED) is 0.746. The van der Waals surface area contributed by atoms with Gasteiger partial charge in [0.05, 0.1) is 5.75 Å². The first kappa shape index (κ1) is 13.0. The molecule has 0 bridgehead atoms. The molecular formula is C12H19NO2S. The molecule has 4 heteroatoms. The Morgan fingerprint density at radius 2 is 1.75 bits per heavy atom. The van der Waals surface area contributed by atoms with Crippen molar-refractivity contribution in [2.45, 2.75) is 32.6 Å². The zero-order chi connectivity index (χ0) is 11.9. The standard InChI is InChI=1S/C12H19NO2S/c1-2-3-4-8-11-16(14,15)13-12-9-6-5-7-10-12/h5-7,9-10,13H,2-4,8,11H2,1H3. The Hall–Kier alpha value is -1.03. The van der Waals surface area contributed by atoms with Crippen molar-refractivity contribution in [3.63, 3.8) is 0 Å². The minimum atomic E-state index is -3.17. The van der Waals surface area contributed by atoms with Crippen molar-refractivity contribution in [2.24, 2.45) is 0 Å². The summed E-state index contributed by atoms with van der Waals surface area (Å²) in [6, 6.07) is 9.00. The second-order valence-electron chi connectivity index (χ2n) is 3.85. The lowest BCUT2D eigenvalue weighted by molar-refractivity contribution is 0.594. The van der Waals surface area contributed by atoms with Gasteiger partial charge in [0.15, 0.2) is 0 Å². The zero-order valence-electron chi connectivity index (χ0n) is 9.65. The fourth-order valence-corrected chi connectivity index (χ4v) is 2.64. The van der Waals surface area contributed by atoms with E-state index < -0.39 is 10.0 Å². The Labute approximate surface area is 97.9 Å². The summed E-state index contributed by atoms with van der Waals surface area (Å²) in [7, 11) is -3.17. The maximum Gasteiger partial charge on any atom is 0.232 e. The second kappa shape index (κ2) is 6.53. The van der Waals surface area contributed by atoms with Crippen LogP contribution in [0, 0.1) is 0 Å². The molecule has 0 radical (unpaired) electrons. The predicted molar refractivity (Wildman–Crippen MR) is 68.0 cm³/mol. The topological polar surface area (TPSA) is 46.2 Å². The minimum absolute atomic E-state index is 0.210. The lowest BCUT2D eigenvalue weighted by Crippen LogP contribution is -2.16. The average molecular weight is 241 g/mol. The van der Waals surface area contributed by atoms with Crippen LogP contribution in [0.4, 0.5) is 5.69 Å². The third kappa shape index (κ3) is 5.16. The van der Waals surface area contributed by atoms with E-state index in [1.54, 1.807) is 12.1 Å². The first-order valence-corrected chi connectivity index (χ1v) is 7.35. The van der Waals surface area contributed by atoms with Crippen LogP contribution in [-0.2, 0) is 10.0 Å². The Morgan fingerprint density at radius 1 is 1.06 bits per heavy atom. The van der Waals surface area contributed by atoms with Crippen molar-refractivity contribution in [1.29, 1.82) is 0 Å². The molecule has 0 aliphatic rings. The van der Waals surface area contributed by atoms with Crippen molar-refractivity contribution in [2.75, 3.05) is 10.5 Å². The summed E-state index contributed by atoms with van der Waals surface area (Å²) >= 11 is 0. The van der Waals surface area contributed by atoms with E-state index in [1.165, 1.54) is 0 Å². The highest BCUT2D eigenvalue weighted by Crippen LogP contribution is 2.09. The van der Waals surface area contributed by atoms with E-state index in [0.717, 1.165) is 25.7 Å². The molecule has 0 aliphatic carbocycles. The Bertz CT molecular complexity index is 387. The number of anilines is 1. The number of hydrogen-bond acceptors (Lipinski definition) is 2. The number of nitrogens with one attached hydrogen (secondary N) is 1. The summed E-state index contributed by atoms with van der Waals surface area (Å²) in [5, 5.41) is 0. The van der Waals surface area contributed by atoms with E-state index >= 15 is 0 Å². The largest absolute Gasteiger partial charge is 0.284 e. The number of rotatable bonds is 7. The van der Waals surface area contributed by atoms with Crippen LogP contribution in [0.3, 0.4) is 0 Å². The molecule has 0 aliphatic heterocycles. The lowest BCUT2D eigenvalue weighted by atomic mass is 10.2. The first-order chi connectivity index (χ1) is 7.64. The fourth-order valence-electron chi connectivity index (χ4n) is 1.46. The van der Waals surface area contributed by atoms with Gasteiger partial charge >= 0.3 is 0 Å². The van der Waals surface area contributed by atoms with E-state index in [1.807, 2.05) is 18.2 Å². The summed E-state index contributed by atoms with van der Waals surface area (Å²) in [5.41, 5.74) is 0.637. The summed E-state index contributed by atoms with van der Waals surface area (Å²) in [6.07, 6.45) is 3.93. The third-order valence-electron chi connectivity index (χ3n) is 2.31. The number of hydrogen-bond donors (Lipinski definition) is 1. The normalized spacial score (nSPS) is 11.3. The number of sulfonamides is 1. The highest BCUT2D eigenvalue weighted by atomic mass is 32.2. The molecule has 0 fully saturated rings. The maximum absolute atomic E-state index is 11.7. The molecule has 0 atom stereocenters. The van der Waals surface area contributed by atoms with Crippen molar-refractivity contribution >= 4 is 15.7 Å². The lowest BCUT2D eigenvalue weighted by Gasteiger charge is -2.07. The van der Waals surface area contributed by atoms with E-state index in [9.17, 15) is 8.42 Å². The maximum atomic E-state index is 11.7. The van der Waals surface area contributed by atoms with E-state index in [2.05, 4.69) is 11.6 Å². The molecule has 0 amide bonds. The van der Waals surface area contributed by atoms with Crippen molar-refractivity contribution in [3.8, 4) is 0 Å². The van der Waals surface area contributed by atoms with Crippen LogP contribution in [0.15, 0.2) is 30.3 Å². The van der Waals surface area contributed by atoms with Crippen LogP contribution in [-0.4, -0.2) is 14.2 Å². The van der Waals surface area contributed by atoms with Crippen LogP contribution in [0.5, 0.6) is 0 Å². The molecule has 1 aromatic carbocycles. The summed E-state index contributed by atoms with van der Waals surface area (Å²) in [5.74, 6) is 0.210. The molecule has 1 N–H and O–H groups in total. The summed E-state index contributed by atoms with van der Waals surface area (Å²) < 4.78 is 25.9. The predicted octanol–water partition coefficient (Wildman–Crippen LogP) is 3.01. The van der Waals surface area contributed by atoms with Crippen LogP contribution in [0.25, 0.3) is 0 Å². The van der Waals surface area contributed by atoms with Crippen LogP contribution in [0.2, 0.25) is 0 Å². The number of benzene rings is 1. The third-order valence-corrected chi connectivity index (χ3v) is 3.69. The molecule has 1 aromatic rings. The van der Waals surface area contributed by atoms with Gasteiger partial charge in [-0.25, -0.2) is 8.42 Å². The van der Waals surface area contributed by atoms with Gasteiger partial charge in [0.1, 0.15) is 0 Å². The molecule has 0 saturated heterocycles. The Morgan fingerprint density at radius 3 is 2.38 bits per heavy atom. The Kier molecular flexibility index (Phi) is 5.32. The fraction of sp³-hybridized carbons (Fsp3) is 0.500. The highest BCUT2D eigenvalue weighted by molar-refractivity contribution is 7.92. The molecule has 3 nitrogen and oxygen atoms in total. The van der Waals surface area contributed by atoms with Crippen LogP contribution in [0.1, 0.15) is 32.6 Å². The minimum Gasteiger partial charge on any atom is -0.284 e. The van der Waals surface area contributed by atoms with Gasteiger partial charge in [0.2, 0.25) is 10.0 Å². The van der Waals surface area contributed by atoms with E-state index in [0.29, 0.717) is 5.69 Å². The van der Waals surface area contributed by atoms with E-state index in [4.69, 9.17) is 0 Å². The smallest absolute Gasteiger partial charge is 0.232 e. The molecular weight excluding hydrogens is 222 g/mol. The monoisotopic (exact) mass is 241 g/mol. The highest BCUT2D eigenvalue weighted by Gasteiger charge is 2.08. The number of para-hydroxylation sites is 1. The molecule has 1 rings (SSSR count). The SMILES string of the molecule is CCCCCCS(=O)(=O)Nc1ccccc1. The summed E-state index contributed by atoms with van der Waals surface area (Å²) in [4.78, 5) is 0. The van der Waals surface area contributed by atoms with Gasteiger partial charge in [0, 0.05) is 5.69 Å². The first-order valence-electron chi connectivity index (χ1n) is 5.69. The zero-order valence-corrected chi connectivity index (χ0v) is 10.5. The van der Waals surface area contributed by atoms with Gasteiger partial charge < -0.3 is 0 Å². The summed E-state index contributed by atoms with van der Waals surface area (Å²) in [6.45, 7) is 2.11. The molecule has 90 valence electrons. The van der Waals surface area contributed by atoms with Gasteiger partial charge in [-0.2, -0.15) is 0 Å². The second-order valence-corrected chi connectivity index (χ2v) is 5.69. The number of unbranched alkanes of at least 4 members (excludes halogenated alkanes) is 3.